The fourth-order valence-corrected chi connectivity index (χ4v) is 13.0. The number of amides is 3. The van der Waals surface area contributed by atoms with Crippen LogP contribution in [0.15, 0.2) is 129 Å². The van der Waals surface area contributed by atoms with E-state index >= 15 is 0 Å². The minimum Gasteiger partial charge on any atom is -0.536 e. The van der Waals surface area contributed by atoms with Crippen molar-refractivity contribution in [1.82, 2.24) is 89.0 Å². The van der Waals surface area contributed by atoms with Gasteiger partial charge in [0.25, 0.3) is 0 Å². The van der Waals surface area contributed by atoms with E-state index < -0.39 is 16.1 Å². The first-order valence-corrected chi connectivity index (χ1v) is 43.7. The highest BCUT2D eigenvalue weighted by molar-refractivity contribution is 14.1. The van der Waals surface area contributed by atoms with Gasteiger partial charge >= 0.3 is 7.69 Å². The van der Waals surface area contributed by atoms with Crippen molar-refractivity contribution in [2.45, 2.75) is 106 Å². The van der Waals surface area contributed by atoms with E-state index in [-0.39, 0.29) is 17.7 Å². The van der Waals surface area contributed by atoms with Gasteiger partial charge in [-0.3, -0.25) is 19.5 Å². The summed E-state index contributed by atoms with van der Waals surface area (Å²) in [7, 11) is 3.01. The van der Waals surface area contributed by atoms with Crippen LogP contribution >= 0.6 is 57.4 Å². The third-order valence-electron chi connectivity index (χ3n) is 15.8. The van der Waals surface area contributed by atoms with Crippen molar-refractivity contribution in [1.29, 1.82) is 0 Å². The fraction of sp³-hybridized carbons (Fsp3) is 0.292. The number of halogens is 4. The number of hydrogen-bond acceptors (Lipinski definition) is 22. The van der Waals surface area contributed by atoms with Crippen molar-refractivity contribution in [3.63, 3.8) is 0 Å². The number of methoxy groups -OCH3 is 3. The van der Waals surface area contributed by atoms with E-state index in [9.17, 15) is 14.4 Å². The monoisotopic (exact) mass is 1700 g/mol. The number of pyridine rings is 3. The molecule has 38 heteroatoms. The molecule has 575 valence electrons. The maximum atomic E-state index is 11.6. The number of carbonyl (C=O) groups excluding carboxylic acids is 3. The molecule has 3 aromatic carbocycles. The van der Waals surface area contributed by atoms with Crippen molar-refractivity contribution in [2.75, 3.05) is 50.5 Å². The van der Waals surface area contributed by atoms with Crippen molar-refractivity contribution >= 4 is 116 Å². The van der Waals surface area contributed by atoms with Crippen LogP contribution in [0.1, 0.15) is 37.5 Å². The summed E-state index contributed by atoms with van der Waals surface area (Å²) in [4.78, 5) is 60.3. The molecule has 9 aromatic heterocycles. The molecule has 12 rings (SSSR count). The largest absolute Gasteiger partial charge is 0.569 e. The molecule has 110 heavy (non-hydrogen) atoms. The highest BCUT2D eigenvalue weighted by Gasteiger charge is 2.24. The molecule has 0 aliphatic carbocycles. The first-order chi connectivity index (χ1) is 52.4. The number of carbonyl (C=O) groups is 3. The summed E-state index contributed by atoms with van der Waals surface area (Å²) in [5.41, 5.74) is 9.90. The zero-order valence-electron chi connectivity index (χ0n) is 63.2. The molecule has 0 spiro atoms. The second kappa shape index (κ2) is 38.4. The second-order valence-corrected chi connectivity index (χ2v) is 40.5. The lowest BCUT2D eigenvalue weighted by Crippen LogP contribution is -2.22. The lowest BCUT2D eigenvalue weighted by Gasteiger charge is -2.15. The molecular weight excluding hydrogens is 1620 g/mol. The molecule has 0 saturated heterocycles. The molecule has 12 aromatic rings. The van der Waals surface area contributed by atoms with Gasteiger partial charge in [-0.2, -0.15) is 20.4 Å². The van der Waals surface area contributed by atoms with Gasteiger partial charge in [0.15, 0.2) is 17.5 Å². The van der Waals surface area contributed by atoms with Crippen molar-refractivity contribution in [3.05, 3.63) is 164 Å². The Morgan fingerprint density at radius 2 is 0.918 bits per heavy atom. The molecule has 3 amide bonds. The number of benzene rings is 3. The Morgan fingerprint density at radius 1 is 0.518 bits per heavy atom. The summed E-state index contributed by atoms with van der Waals surface area (Å²) in [5.74, 6) is 4.71. The number of H-pyrrole nitrogens is 1. The van der Waals surface area contributed by atoms with E-state index in [1.807, 2.05) is 63.6 Å². The van der Waals surface area contributed by atoms with Gasteiger partial charge in [-0.05, 0) is 121 Å². The van der Waals surface area contributed by atoms with Crippen molar-refractivity contribution < 1.29 is 47.7 Å². The van der Waals surface area contributed by atoms with Crippen LogP contribution in [-0.2, 0) is 37.3 Å². The smallest absolute Gasteiger partial charge is 0.536 e. The van der Waals surface area contributed by atoms with Crippen LogP contribution in [0, 0.1) is 24.5 Å². The van der Waals surface area contributed by atoms with Gasteiger partial charge < -0.3 is 49.3 Å². The molecule has 0 saturated carbocycles. The van der Waals surface area contributed by atoms with Crippen LogP contribution in [-0.4, -0.2) is 170 Å². The van der Waals surface area contributed by atoms with Crippen LogP contribution in [0.5, 0.6) is 23.0 Å². The van der Waals surface area contributed by atoms with E-state index in [1.165, 1.54) is 27.1 Å². The zero-order valence-corrected chi connectivity index (χ0v) is 69.6. The number of aromatic amines is 1. The molecule has 5 N–H and O–H groups in total. The van der Waals surface area contributed by atoms with Gasteiger partial charge in [0, 0.05) is 123 Å². The van der Waals surface area contributed by atoms with Crippen LogP contribution in [0.25, 0.3) is 73.7 Å². The van der Waals surface area contributed by atoms with Crippen LogP contribution < -0.4 is 34.8 Å². The number of aryl methyl sites for hydroxylation is 3. The van der Waals surface area contributed by atoms with Crippen LogP contribution in [0.4, 0.5) is 17.5 Å². The topological polar surface area (TPSA) is 358 Å². The highest BCUT2D eigenvalue weighted by Crippen LogP contribution is 2.39. The third kappa shape index (κ3) is 23.4. The predicted octanol–water partition coefficient (Wildman–Crippen LogP) is 14.0. The number of hydrogen-bond donors (Lipinski definition) is 5. The molecule has 0 aliphatic heterocycles. The molecule has 0 fully saturated rings. The summed E-state index contributed by atoms with van der Waals surface area (Å²) in [6.45, 7) is 26.1. The lowest BCUT2D eigenvalue weighted by molar-refractivity contribution is -0.115. The maximum Gasteiger partial charge on any atom is 0.569 e. The summed E-state index contributed by atoms with van der Waals surface area (Å²) >= 11 is 21.1. The molecular formula is C72H83BCl3IN21O10Si2. The maximum absolute atomic E-state index is 11.6. The van der Waals surface area contributed by atoms with E-state index in [0.717, 1.165) is 72.8 Å². The predicted molar refractivity (Wildman–Crippen MR) is 436 cm³/mol. The lowest BCUT2D eigenvalue weighted by atomic mass is 10.1. The number of ether oxygens (including phenoxy) is 5. The molecule has 0 aliphatic rings. The van der Waals surface area contributed by atoms with Crippen LogP contribution in [0.2, 0.25) is 66.4 Å². The minimum atomic E-state index is -1.18. The molecule has 0 bridgehead atoms. The first kappa shape index (κ1) is 83.8. The van der Waals surface area contributed by atoms with Crippen molar-refractivity contribution in [2.24, 2.45) is 0 Å². The molecule has 0 unspecified atom stereocenters. The highest BCUT2D eigenvalue weighted by atomic mass is 127. The number of aromatic nitrogens is 18. The fourth-order valence-electron chi connectivity index (χ4n) is 10.1. The van der Waals surface area contributed by atoms with Crippen molar-refractivity contribution in [3.8, 4) is 96.7 Å². The minimum absolute atomic E-state index is 0.171. The Balaban J connectivity index is 0.000000178. The molecule has 9 heterocycles. The van der Waals surface area contributed by atoms with Gasteiger partial charge in [-0.1, -0.05) is 74.1 Å². The zero-order chi connectivity index (χ0) is 79.6. The second-order valence-electron chi connectivity index (χ2n) is 27.0. The van der Waals surface area contributed by atoms with Gasteiger partial charge in [0.1, 0.15) is 88.0 Å². The summed E-state index contributed by atoms with van der Waals surface area (Å²) in [6, 6.07) is 23.2. The summed E-state index contributed by atoms with van der Waals surface area (Å²) in [5, 5.41) is 48.0. The number of nitrogens with zero attached hydrogens (tertiary/aromatic N) is 17. The normalized spacial score (nSPS) is 11.1. The molecule has 31 nitrogen and oxygen atoms in total. The quantitative estimate of drug-likeness (QED) is 0.0191. The average Bonchev–Trinajstić information content (AvgIpc) is 1.63. The summed E-state index contributed by atoms with van der Waals surface area (Å²) in [6.07, 6.45) is 15.4. The Kier molecular flexibility index (Phi) is 29.2. The van der Waals surface area contributed by atoms with Gasteiger partial charge in [-0.15, -0.1) is 10.2 Å². The van der Waals surface area contributed by atoms with E-state index in [1.54, 1.807) is 125 Å². The Bertz CT molecular complexity index is 5160. The van der Waals surface area contributed by atoms with E-state index in [2.05, 4.69) is 138 Å². The third-order valence-corrected chi connectivity index (χ3v) is 20.9. The Morgan fingerprint density at radius 3 is 1.31 bits per heavy atom. The molecule has 1 radical (unpaired) electrons. The first-order valence-electron chi connectivity index (χ1n) is 34.0. The van der Waals surface area contributed by atoms with Gasteiger partial charge in [0.2, 0.25) is 17.7 Å². The van der Waals surface area contributed by atoms with E-state index in [0.29, 0.717) is 123 Å². The standard InChI is InChI=1S/C26H32ClN7O3Si.C20H18ClN7O2.C19H26IN7O2Si.C7H7BClO3/c1-17-13-28-24(30-18(2)35)12-23(17)34-14-21(25(31-34)20-8-7-19(36-3)11-22(20)27)26-29-15-33(32-26)16-37-9-10-38(4,5)6;1-11-8-22-18(25-12(2)29)7-17(11)28-9-15(20-23-10-24-26-20)19(27-28)14-5-4-13(30-3)6-16(14)21;1-13-9-21-17(23-14(2)28)8-16(13)27-10-15(18(20)24-27)19-22-11-26(25-19)12-29-6-7-30(3,4)5;1-11-5-2-3-7(12-8-10)6(9)4-5/h7-8,11-15H,9-10,16H2,1-6H3,(H,28,30,35);4-10H,1-3H3,(H,22,25,29)(H,23,24,26);8-11H,6-7,12H2,1-5H3,(H,21,23,28);2-4,10H,1H3. The molecule has 0 atom stereocenters. The van der Waals surface area contributed by atoms with E-state index in [4.69, 9.17) is 73.7 Å². The Hall–Kier alpha value is -10.3. The average molecular weight is 1700 g/mol. The Labute approximate surface area is 666 Å². The number of anilines is 3. The number of rotatable bonds is 26. The van der Waals surface area contributed by atoms with Gasteiger partial charge in [0.05, 0.1) is 70.1 Å². The van der Waals surface area contributed by atoms with Gasteiger partial charge in [-0.25, -0.2) is 53.3 Å². The SMILES string of the molecule is CC(=O)Nc1cc(-n2cc(-c3ncn(COCC[Si](C)(C)C)n3)c(I)n2)c(C)cn1.COc1ccc(-c2nn(-c3cc(NC(C)=O)ncc3C)cc2-c2ncn(COCC[Si](C)(C)C)n2)c(Cl)c1.COc1ccc(-c2nn(-c3cc(NC(C)=O)ncc3C)cc2-c2ncn[nH]2)c(Cl)c1.COc1ccc(O[B]O)c(Cl)c1. The van der Waals surface area contributed by atoms with Crippen LogP contribution in [0.3, 0.4) is 0 Å². The number of nitrogens with one attached hydrogen (secondary N) is 4. The summed E-state index contributed by atoms with van der Waals surface area (Å²) < 4.78 is 41.1.